The molecule has 0 fully saturated rings. The summed E-state index contributed by atoms with van der Waals surface area (Å²) in [6.07, 6.45) is -4.27. The van der Waals surface area contributed by atoms with Gasteiger partial charge in [0.05, 0.1) is 16.8 Å². The maximum atomic E-state index is 14.2. The summed E-state index contributed by atoms with van der Waals surface area (Å²) >= 11 is 5.85. The van der Waals surface area contributed by atoms with Crippen LogP contribution in [-0.4, -0.2) is 16.4 Å². The van der Waals surface area contributed by atoms with E-state index in [1.54, 1.807) is 6.92 Å². The fourth-order valence-electron chi connectivity index (χ4n) is 1.97. The van der Waals surface area contributed by atoms with Crippen molar-refractivity contribution in [1.82, 2.24) is 9.78 Å². The highest BCUT2D eigenvalue weighted by Gasteiger charge is 2.34. The van der Waals surface area contributed by atoms with Crippen molar-refractivity contribution in [2.75, 3.05) is 6.61 Å². The van der Waals surface area contributed by atoms with E-state index >= 15 is 0 Å². The van der Waals surface area contributed by atoms with Crippen LogP contribution in [0.2, 0.25) is 5.02 Å². The van der Waals surface area contributed by atoms with Crippen molar-refractivity contribution >= 4 is 11.6 Å². The second-order valence-electron chi connectivity index (χ2n) is 4.85. The molecule has 0 bridgehead atoms. The van der Waals surface area contributed by atoms with Gasteiger partial charge < -0.3 is 4.74 Å². The van der Waals surface area contributed by atoms with Gasteiger partial charge in [0.25, 0.3) is 5.56 Å². The number of ether oxygens (including phenoxy) is 1. The van der Waals surface area contributed by atoms with Crippen LogP contribution in [0.25, 0.3) is 5.69 Å². The first-order valence-corrected chi connectivity index (χ1v) is 7.22. The molecule has 0 atom stereocenters. The van der Waals surface area contributed by atoms with Crippen molar-refractivity contribution in [3.8, 4) is 23.3 Å². The summed E-state index contributed by atoms with van der Waals surface area (Å²) in [5.74, 6) is 4.28. The molecule has 0 aliphatic heterocycles. The SMILES string of the molecule is CC#CCOc1cc(-n2ncc(C(F)(F)F)c(C)c2=O)c(F)cc1Cl. The van der Waals surface area contributed by atoms with Crippen LogP contribution in [0, 0.1) is 24.6 Å². The third-order valence-corrected chi connectivity index (χ3v) is 3.53. The number of rotatable bonds is 3. The molecule has 0 spiro atoms. The molecule has 4 nitrogen and oxygen atoms in total. The summed E-state index contributed by atoms with van der Waals surface area (Å²) in [7, 11) is 0. The van der Waals surface area contributed by atoms with Crippen molar-refractivity contribution in [2.45, 2.75) is 20.0 Å². The second-order valence-corrected chi connectivity index (χ2v) is 5.25. The van der Waals surface area contributed by atoms with Crippen molar-refractivity contribution in [2.24, 2.45) is 0 Å². The lowest BCUT2D eigenvalue weighted by molar-refractivity contribution is -0.138. The van der Waals surface area contributed by atoms with Gasteiger partial charge in [-0.15, -0.1) is 5.92 Å². The van der Waals surface area contributed by atoms with Gasteiger partial charge in [0.2, 0.25) is 0 Å². The molecule has 0 N–H and O–H groups in total. The minimum Gasteiger partial charge on any atom is -0.479 e. The normalized spacial score (nSPS) is 11.0. The Balaban J connectivity index is 2.58. The maximum Gasteiger partial charge on any atom is 0.418 e. The predicted octanol–water partition coefficient (Wildman–Crippen LogP) is 3.75. The highest BCUT2D eigenvalue weighted by atomic mass is 35.5. The lowest BCUT2D eigenvalue weighted by atomic mass is 10.2. The standard InChI is InChI=1S/C16H11ClF4N2O2/c1-3-4-5-25-14-7-13(12(18)6-11(14)17)23-15(24)9(2)10(8-22-23)16(19,20)21/h6-8H,5H2,1-2H3. The Hall–Kier alpha value is -2.53. The average molecular weight is 375 g/mol. The summed E-state index contributed by atoms with van der Waals surface area (Å²) in [6, 6.07) is 1.96. The topological polar surface area (TPSA) is 44.1 Å². The first-order chi connectivity index (χ1) is 11.7. The predicted molar refractivity (Wildman–Crippen MR) is 83.5 cm³/mol. The van der Waals surface area contributed by atoms with Crippen LogP contribution >= 0.6 is 11.6 Å². The fraction of sp³-hybridized carbons (Fsp3) is 0.250. The smallest absolute Gasteiger partial charge is 0.418 e. The van der Waals surface area contributed by atoms with Crippen LogP contribution in [0.3, 0.4) is 0 Å². The zero-order valence-electron chi connectivity index (χ0n) is 13.0. The molecule has 0 saturated heterocycles. The minimum absolute atomic E-state index is 0.0204. The quantitative estimate of drug-likeness (QED) is 0.607. The van der Waals surface area contributed by atoms with Gasteiger partial charge in [0.15, 0.2) is 5.82 Å². The molecule has 0 radical (unpaired) electrons. The molecule has 0 saturated carbocycles. The van der Waals surface area contributed by atoms with Gasteiger partial charge >= 0.3 is 6.18 Å². The van der Waals surface area contributed by atoms with E-state index in [-0.39, 0.29) is 23.1 Å². The fourth-order valence-corrected chi connectivity index (χ4v) is 2.18. The third kappa shape index (κ3) is 3.94. The summed E-state index contributed by atoms with van der Waals surface area (Å²) in [5, 5.41) is 3.35. The van der Waals surface area contributed by atoms with Crippen LogP contribution in [0.15, 0.2) is 23.1 Å². The van der Waals surface area contributed by atoms with E-state index in [0.717, 1.165) is 19.1 Å². The van der Waals surface area contributed by atoms with Gasteiger partial charge in [-0.25, -0.2) is 4.39 Å². The van der Waals surface area contributed by atoms with Gasteiger partial charge in [-0.1, -0.05) is 17.5 Å². The first-order valence-electron chi connectivity index (χ1n) is 6.84. The minimum atomic E-state index is -4.74. The third-order valence-electron chi connectivity index (χ3n) is 3.23. The Labute approximate surface area is 145 Å². The molecule has 2 rings (SSSR count). The molecule has 0 aliphatic rings. The molecule has 9 heteroatoms. The monoisotopic (exact) mass is 374 g/mol. The molecule has 0 aliphatic carbocycles. The first kappa shape index (κ1) is 18.8. The molecule has 2 aromatic rings. The Morgan fingerprint density at radius 2 is 2.04 bits per heavy atom. The number of benzene rings is 1. The lowest BCUT2D eigenvalue weighted by Gasteiger charge is -2.13. The lowest BCUT2D eigenvalue weighted by Crippen LogP contribution is -2.27. The zero-order valence-corrected chi connectivity index (χ0v) is 13.8. The van der Waals surface area contributed by atoms with E-state index in [9.17, 15) is 22.4 Å². The van der Waals surface area contributed by atoms with Gasteiger partial charge in [0.1, 0.15) is 18.0 Å². The van der Waals surface area contributed by atoms with Crippen molar-refractivity contribution in [3.63, 3.8) is 0 Å². The highest BCUT2D eigenvalue weighted by molar-refractivity contribution is 6.32. The van der Waals surface area contributed by atoms with Crippen molar-refractivity contribution in [3.05, 3.63) is 50.7 Å². The molecule has 132 valence electrons. The number of hydrogen-bond acceptors (Lipinski definition) is 3. The van der Waals surface area contributed by atoms with E-state index in [1.165, 1.54) is 0 Å². The van der Waals surface area contributed by atoms with Crippen LogP contribution in [0.1, 0.15) is 18.1 Å². The molecule has 1 heterocycles. The number of halogens is 5. The summed E-state index contributed by atoms with van der Waals surface area (Å²) in [4.78, 5) is 12.2. The summed E-state index contributed by atoms with van der Waals surface area (Å²) in [5.41, 5.74) is -3.27. The number of hydrogen-bond donors (Lipinski definition) is 0. The molecule has 25 heavy (non-hydrogen) atoms. The Morgan fingerprint density at radius 1 is 1.36 bits per heavy atom. The van der Waals surface area contributed by atoms with Crippen molar-refractivity contribution in [1.29, 1.82) is 0 Å². The van der Waals surface area contributed by atoms with Crippen LogP contribution in [0.4, 0.5) is 17.6 Å². The zero-order chi connectivity index (χ0) is 18.8. The second kappa shape index (κ2) is 7.15. The number of aromatic nitrogens is 2. The molecule has 1 aromatic carbocycles. The van der Waals surface area contributed by atoms with Crippen LogP contribution < -0.4 is 10.3 Å². The van der Waals surface area contributed by atoms with Gasteiger partial charge in [-0.05, 0) is 19.9 Å². The van der Waals surface area contributed by atoms with Gasteiger partial charge in [-0.3, -0.25) is 4.79 Å². The average Bonchev–Trinajstić information content (AvgIpc) is 2.51. The Bertz CT molecular complexity index is 927. The highest BCUT2D eigenvalue weighted by Crippen LogP contribution is 2.31. The van der Waals surface area contributed by atoms with E-state index in [4.69, 9.17) is 16.3 Å². The van der Waals surface area contributed by atoms with Crippen LogP contribution in [0.5, 0.6) is 5.75 Å². The van der Waals surface area contributed by atoms with Gasteiger partial charge in [-0.2, -0.15) is 23.0 Å². The van der Waals surface area contributed by atoms with E-state index in [2.05, 4.69) is 16.9 Å². The molecular weight excluding hydrogens is 364 g/mol. The maximum absolute atomic E-state index is 14.2. The summed E-state index contributed by atoms with van der Waals surface area (Å²) < 4.78 is 58.4. The van der Waals surface area contributed by atoms with E-state index in [0.29, 0.717) is 10.9 Å². The number of nitrogens with zero attached hydrogens (tertiary/aromatic N) is 2. The molecule has 0 unspecified atom stereocenters. The molecule has 1 aromatic heterocycles. The van der Waals surface area contributed by atoms with E-state index < -0.39 is 28.7 Å². The Morgan fingerprint density at radius 3 is 2.64 bits per heavy atom. The van der Waals surface area contributed by atoms with Crippen LogP contribution in [-0.2, 0) is 6.18 Å². The molecule has 0 amide bonds. The summed E-state index contributed by atoms with van der Waals surface area (Å²) in [6.45, 7) is 2.55. The largest absolute Gasteiger partial charge is 0.479 e. The Kier molecular flexibility index (Phi) is 5.38. The molecular formula is C16H11ClF4N2O2. The van der Waals surface area contributed by atoms with E-state index in [1.807, 2.05) is 0 Å². The number of alkyl halides is 3. The van der Waals surface area contributed by atoms with Crippen molar-refractivity contribution < 1.29 is 22.3 Å². The van der Waals surface area contributed by atoms with Gasteiger partial charge in [0, 0.05) is 11.6 Å².